The monoisotopic (exact) mass is 583 g/mol. The van der Waals surface area contributed by atoms with Gasteiger partial charge in [-0.25, -0.2) is 0 Å². The summed E-state index contributed by atoms with van der Waals surface area (Å²) in [6.07, 6.45) is 6.66. The Kier molecular flexibility index (Phi) is 10.9. The second-order valence-corrected chi connectivity index (χ2v) is 12.0. The summed E-state index contributed by atoms with van der Waals surface area (Å²) in [5, 5.41) is 24.9. The van der Waals surface area contributed by atoms with Crippen molar-refractivity contribution in [1.82, 2.24) is 15.1 Å². The number of carbonyl (C=O) groups is 2. The number of rotatable bonds is 9. The summed E-state index contributed by atoms with van der Waals surface area (Å²) in [7, 11) is 0. The van der Waals surface area contributed by atoms with Crippen molar-refractivity contribution in [2.45, 2.75) is 95.0 Å². The summed E-state index contributed by atoms with van der Waals surface area (Å²) in [6, 6.07) is 16.9. The number of nitrogens with one attached hydrogen (secondary N) is 1. The molecule has 1 spiro atoms. The number of likely N-dealkylation sites (tertiary alicyclic amines) is 1. The number of piperazine rings is 1. The van der Waals surface area contributed by atoms with Crippen LogP contribution in [-0.2, 0) is 16.1 Å². The molecule has 7 nitrogen and oxygen atoms in total. The van der Waals surface area contributed by atoms with Crippen LogP contribution >= 0.6 is 12.4 Å². The first-order chi connectivity index (χ1) is 19.4. The smallest absolute Gasteiger partial charge is 0.248 e. The van der Waals surface area contributed by atoms with E-state index in [9.17, 15) is 19.8 Å². The van der Waals surface area contributed by atoms with Crippen molar-refractivity contribution in [3.63, 3.8) is 0 Å². The maximum atomic E-state index is 13.8. The van der Waals surface area contributed by atoms with Gasteiger partial charge in [-0.1, -0.05) is 87.2 Å². The van der Waals surface area contributed by atoms with Gasteiger partial charge >= 0.3 is 0 Å². The number of halogens is 1. The first-order valence-corrected chi connectivity index (χ1v) is 15.3. The largest absolute Gasteiger partial charge is 0.390 e. The van der Waals surface area contributed by atoms with Gasteiger partial charge < -0.3 is 20.4 Å². The standard InChI is InChI=1S/C33H45N3O4.ClH/c1-2-3-20-36-31(39)28(30(38)26-12-8-5-9-13-26)34-32(40)33(36)18-21-35(22-19-33)23-24-14-16-27(17-15-24)29(37)25-10-6-4-7-11-25;/h4,6-7,10-11,14-17,26,28-30,37-38H,2-3,5,8-9,12-13,18-23H2,1H3,(H,34,40);1H/t28-,29?,30-;/m1./s1. The van der Waals surface area contributed by atoms with Crippen LogP contribution in [0.15, 0.2) is 54.6 Å². The van der Waals surface area contributed by atoms with E-state index in [0.717, 1.165) is 61.8 Å². The van der Waals surface area contributed by atoms with E-state index >= 15 is 0 Å². The number of aliphatic hydroxyl groups excluding tert-OH is 2. The Labute approximate surface area is 250 Å². The molecular formula is C33H46ClN3O4. The molecule has 1 aliphatic carbocycles. The van der Waals surface area contributed by atoms with Crippen LogP contribution in [0.5, 0.6) is 0 Å². The van der Waals surface area contributed by atoms with Gasteiger partial charge in [0.05, 0.1) is 6.10 Å². The van der Waals surface area contributed by atoms with Crippen LogP contribution in [0, 0.1) is 5.92 Å². The van der Waals surface area contributed by atoms with E-state index in [4.69, 9.17) is 0 Å². The SMILES string of the molecule is CCCCN1C(=O)[C@@H]([C@H](O)C2CCCCC2)NC(=O)C12CCN(Cc1ccc(C(O)c3ccccc3)cc1)CC2.Cl. The Balaban J connectivity index is 0.00000387. The molecule has 2 heterocycles. The van der Waals surface area contributed by atoms with E-state index in [2.05, 4.69) is 29.3 Å². The van der Waals surface area contributed by atoms with E-state index in [0.29, 0.717) is 32.5 Å². The molecule has 3 atom stereocenters. The Bertz CT molecular complexity index is 1130. The number of hydrogen-bond donors (Lipinski definition) is 3. The third-order valence-electron chi connectivity index (χ3n) is 9.47. The van der Waals surface area contributed by atoms with Crippen molar-refractivity contribution < 1.29 is 19.8 Å². The van der Waals surface area contributed by atoms with Gasteiger partial charge in [-0.15, -0.1) is 12.4 Å². The zero-order chi connectivity index (χ0) is 28.1. The lowest BCUT2D eigenvalue weighted by Crippen LogP contribution is -2.75. The Morgan fingerprint density at radius 3 is 2.20 bits per heavy atom. The molecule has 2 aliphatic heterocycles. The molecule has 2 amide bonds. The highest BCUT2D eigenvalue weighted by Gasteiger charge is 2.55. The topological polar surface area (TPSA) is 93.1 Å². The summed E-state index contributed by atoms with van der Waals surface area (Å²) in [5.41, 5.74) is 2.05. The third-order valence-corrected chi connectivity index (χ3v) is 9.47. The van der Waals surface area contributed by atoms with Crippen molar-refractivity contribution in [1.29, 1.82) is 0 Å². The summed E-state index contributed by atoms with van der Waals surface area (Å²) >= 11 is 0. The number of aliphatic hydroxyl groups is 2. The molecule has 5 rings (SSSR count). The molecule has 0 bridgehead atoms. The van der Waals surface area contributed by atoms with Crippen LogP contribution in [0.2, 0.25) is 0 Å². The highest BCUT2D eigenvalue weighted by molar-refractivity contribution is 6.00. The van der Waals surface area contributed by atoms with Gasteiger partial charge in [-0.2, -0.15) is 0 Å². The number of unbranched alkanes of at least 4 members (excludes halogenated alkanes) is 1. The minimum atomic E-state index is -0.838. The molecule has 3 aliphatic rings. The predicted octanol–water partition coefficient (Wildman–Crippen LogP) is 4.59. The molecule has 2 aromatic carbocycles. The lowest BCUT2D eigenvalue weighted by atomic mass is 9.78. The third kappa shape index (κ3) is 6.80. The quantitative estimate of drug-likeness (QED) is 0.401. The number of hydrogen-bond acceptors (Lipinski definition) is 5. The summed E-state index contributed by atoms with van der Waals surface area (Å²) in [4.78, 5) is 31.7. The molecule has 2 saturated heterocycles. The first kappa shape index (κ1) is 31.5. The summed E-state index contributed by atoms with van der Waals surface area (Å²) < 4.78 is 0. The van der Waals surface area contributed by atoms with E-state index in [1.165, 1.54) is 6.42 Å². The average Bonchev–Trinajstić information content (AvgIpc) is 3.00. The summed E-state index contributed by atoms with van der Waals surface area (Å²) in [5.74, 6) is -0.124. The van der Waals surface area contributed by atoms with Crippen LogP contribution < -0.4 is 5.32 Å². The fourth-order valence-electron chi connectivity index (χ4n) is 6.93. The normalized spacial score (nSPS) is 23.1. The van der Waals surface area contributed by atoms with Gasteiger partial charge in [-0.3, -0.25) is 14.5 Å². The average molecular weight is 584 g/mol. The number of amides is 2. The number of piperidine rings is 1. The van der Waals surface area contributed by atoms with Crippen LogP contribution in [0.25, 0.3) is 0 Å². The lowest BCUT2D eigenvalue weighted by molar-refractivity contribution is -0.166. The van der Waals surface area contributed by atoms with Gasteiger partial charge in [0.2, 0.25) is 11.8 Å². The number of carbonyl (C=O) groups excluding carboxylic acids is 2. The van der Waals surface area contributed by atoms with Crippen LogP contribution in [0.1, 0.15) is 87.5 Å². The minimum Gasteiger partial charge on any atom is -0.390 e. The Hall–Kier alpha value is -2.45. The molecule has 3 N–H and O–H groups in total. The highest BCUT2D eigenvalue weighted by Crippen LogP contribution is 2.36. The van der Waals surface area contributed by atoms with Crippen molar-refractivity contribution >= 4 is 24.2 Å². The minimum absolute atomic E-state index is 0. The maximum absolute atomic E-state index is 13.8. The molecule has 2 aromatic rings. The molecule has 1 saturated carbocycles. The van der Waals surface area contributed by atoms with E-state index in [1.54, 1.807) is 0 Å². The van der Waals surface area contributed by atoms with E-state index in [-0.39, 0.29) is 30.1 Å². The zero-order valence-corrected chi connectivity index (χ0v) is 25.0. The van der Waals surface area contributed by atoms with Crippen LogP contribution in [0.3, 0.4) is 0 Å². The van der Waals surface area contributed by atoms with E-state index < -0.39 is 23.8 Å². The molecule has 0 aromatic heterocycles. The fraction of sp³-hybridized carbons (Fsp3) is 0.576. The predicted molar refractivity (Wildman–Crippen MR) is 163 cm³/mol. The fourth-order valence-corrected chi connectivity index (χ4v) is 6.93. The Morgan fingerprint density at radius 1 is 0.927 bits per heavy atom. The van der Waals surface area contributed by atoms with Crippen molar-refractivity contribution in [3.05, 3.63) is 71.3 Å². The van der Waals surface area contributed by atoms with Gasteiger partial charge in [0.1, 0.15) is 17.7 Å². The Morgan fingerprint density at radius 2 is 1.56 bits per heavy atom. The second-order valence-electron chi connectivity index (χ2n) is 12.0. The highest BCUT2D eigenvalue weighted by atomic mass is 35.5. The van der Waals surface area contributed by atoms with Crippen molar-refractivity contribution in [2.24, 2.45) is 5.92 Å². The molecule has 224 valence electrons. The van der Waals surface area contributed by atoms with Crippen molar-refractivity contribution in [2.75, 3.05) is 19.6 Å². The van der Waals surface area contributed by atoms with E-state index in [1.807, 2.05) is 47.4 Å². The molecule has 1 unspecified atom stereocenters. The molecular weight excluding hydrogens is 538 g/mol. The van der Waals surface area contributed by atoms with Crippen molar-refractivity contribution in [3.8, 4) is 0 Å². The number of nitrogens with zero attached hydrogens (tertiary/aromatic N) is 2. The van der Waals surface area contributed by atoms with Gasteiger partial charge in [-0.05, 0) is 54.7 Å². The second kappa shape index (κ2) is 14.1. The molecule has 41 heavy (non-hydrogen) atoms. The molecule has 0 radical (unpaired) electrons. The molecule has 3 fully saturated rings. The number of benzene rings is 2. The molecule has 8 heteroatoms. The maximum Gasteiger partial charge on any atom is 0.248 e. The zero-order valence-electron chi connectivity index (χ0n) is 24.2. The first-order valence-electron chi connectivity index (χ1n) is 15.3. The van der Waals surface area contributed by atoms with Crippen LogP contribution in [0.4, 0.5) is 0 Å². The van der Waals surface area contributed by atoms with Crippen LogP contribution in [-0.4, -0.2) is 69.1 Å². The lowest BCUT2D eigenvalue weighted by Gasteiger charge is -2.52. The van der Waals surface area contributed by atoms with Gasteiger partial charge in [0, 0.05) is 26.2 Å². The summed E-state index contributed by atoms with van der Waals surface area (Å²) in [6.45, 7) is 4.84. The van der Waals surface area contributed by atoms with Gasteiger partial charge in [0.15, 0.2) is 0 Å². The van der Waals surface area contributed by atoms with Gasteiger partial charge in [0.25, 0.3) is 0 Å².